The van der Waals surface area contributed by atoms with E-state index in [9.17, 15) is 9.59 Å². The van der Waals surface area contributed by atoms with Gasteiger partial charge in [-0.2, -0.15) is 0 Å². The molecule has 1 fully saturated rings. The SMILES string of the molecule is COC(=O)c1ccc(N2CCC(C(=O)O)C2C)nc1C. The van der Waals surface area contributed by atoms with Gasteiger partial charge in [0.15, 0.2) is 0 Å². The van der Waals surface area contributed by atoms with Crippen molar-refractivity contribution < 1.29 is 19.4 Å². The number of anilines is 1. The van der Waals surface area contributed by atoms with Gasteiger partial charge in [-0.1, -0.05) is 0 Å². The van der Waals surface area contributed by atoms with E-state index in [1.165, 1.54) is 7.11 Å². The van der Waals surface area contributed by atoms with E-state index in [1.807, 2.05) is 11.8 Å². The minimum atomic E-state index is -0.775. The second-order valence-corrected chi connectivity index (χ2v) is 4.96. The molecule has 20 heavy (non-hydrogen) atoms. The molecule has 2 rings (SSSR count). The molecule has 0 saturated carbocycles. The van der Waals surface area contributed by atoms with Gasteiger partial charge in [-0.15, -0.1) is 0 Å². The maximum absolute atomic E-state index is 11.5. The summed E-state index contributed by atoms with van der Waals surface area (Å²) in [6.45, 7) is 4.28. The second-order valence-electron chi connectivity index (χ2n) is 4.96. The van der Waals surface area contributed by atoms with Crippen molar-refractivity contribution in [2.45, 2.75) is 26.3 Å². The monoisotopic (exact) mass is 278 g/mol. The molecule has 0 amide bonds. The molecular weight excluding hydrogens is 260 g/mol. The lowest BCUT2D eigenvalue weighted by Gasteiger charge is -2.24. The van der Waals surface area contributed by atoms with E-state index < -0.39 is 11.9 Å². The van der Waals surface area contributed by atoms with Gasteiger partial charge in [0.2, 0.25) is 0 Å². The smallest absolute Gasteiger partial charge is 0.339 e. The highest BCUT2D eigenvalue weighted by Crippen LogP contribution is 2.29. The van der Waals surface area contributed by atoms with Gasteiger partial charge in [0.1, 0.15) is 5.82 Å². The molecule has 0 radical (unpaired) electrons. The molecule has 2 unspecified atom stereocenters. The topological polar surface area (TPSA) is 79.7 Å². The Morgan fingerprint density at radius 3 is 2.65 bits per heavy atom. The van der Waals surface area contributed by atoms with Crippen molar-refractivity contribution in [2.24, 2.45) is 5.92 Å². The average molecular weight is 278 g/mol. The first-order chi connectivity index (χ1) is 9.45. The predicted molar refractivity (Wildman–Crippen MR) is 72.9 cm³/mol. The number of carboxylic acids is 1. The predicted octanol–water partition coefficient (Wildman–Crippen LogP) is 1.48. The van der Waals surface area contributed by atoms with Crippen molar-refractivity contribution in [3.63, 3.8) is 0 Å². The van der Waals surface area contributed by atoms with Crippen LogP contribution in [0.4, 0.5) is 5.82 Å². The molecule has 0 spiro atoms. The molecule has 1 aliphatic heterocycles. The fourth-order valence-electron chi connectivity index (χ4n) is 2.63. The van der Waals surface area contributed by atoms with E-state index in [-0.39, 0.29) is 12.0 Å². The van der Waals surface area contributed by atoms with Crippen LogP contribution in [0.25, 0.3) is 0 Å². The molecule has 0 aliphatic carbocycles. The van der Waals surface area contributed by atoms with Crippen LogP contribution in [0, 0.1) is 12.8 Å². The highest BCUT2D eigenvalue weighted by atomic mass is 16.5. The van der Waals surface area contributed by atoms with Gasteiger partial charge in [0.05, 0.1) is 24.3 Å². The largest absolute Gasteiger partial charge is 0.481 e. The first-order valence-corrected chi connectivity index (χ1v) is 6.51. The Morgan fingerprint density at radius 2 is 2.15 bits per heavy atom. The Balaban J connectivity index is 2.25. The van der Waals surface area contributed by atoms with E-state index >= 15 is 0 Å². The molecule has 1 N–H and O–H groups in total. The van der Waals surface area contributed by atoms with Gasteiger partial charge in [0, 0.05) is 12.6 Å². The Morgan fingerprint density at radius 1 is 1.45 bits per heavy atom. The third-order valence-electron chi connectivity index (χ3n) is 3.84. The number of carbonyl (C=O) groups is 2. The third kappa shape index (κ3) is 2.45. The van der Waals surface area contributed by atoms with E-state index in [1.54, 1.807) is 19.1 Å². The molecule has 0 aromatic carbocycles. The Hall–Kier alpha value is -2.11. The Kier molecular flexibility index (Phi) is 3.92. The molecule has 2 atom stereocenters. The summed E-state index contributed by atoms with van der Waals surface area (Å²) in [7, 11) is 1.33. The number of nitrogens with zero attached hydrogens (tertiary/aromatic N) is 2. The number of hydrogen-bond donors (Lipinski definition) is 1. The minimum Gasteiger partial charge on any atom is -0.481 e. The molecular formula is C14H18N2O4. The van der Waals surface area contributed by atoms with E-state index in [4.69, 9.17) is 5.11 Å². The van der Waals surface area contributed by atoms with Crippen molar-refractivity contribution in [3.05, 3.63) is 23.4 Å². The van der Waals surface area contributed by atoms with E-state index in [0.29, 0.717) is 30.0 Å². The molecule has 1 aliphatic rings. The summed E-state index contributed by atoms with van der Waals surface area (Å²) in [5, 5.41) is 9.14. The molecule has 1 saturated heterocycles. The lowest BCUT2D eigenvalue weighted by Crippen LogP contribution is -2.33. The van der Waals surface area contributed by atoms with Crippen LogP contribution >= 0.6 is 0 Å². The Labute approximate surface area is 117 Å². The first kappa shape index (κ1) is 14.3. The summed E-state index contributed by atoms with van der Waals surface area (Å²) < 4.78 is 4.68. The van der Waals surface area contributed by atoms with Gasteiger partial charge in [-0.25, -0.2) is 9.78 Å². The minimum absolute atomic E-state index is 0.108. The molecule has 1 aromatic rings. The summed E-state index contributed by atoms with van der Waals surface area (Å²) in [5.74, 6) is -0.869. The fraction of sp³-hybridized carbons (Fsp3) is 0.500. The number of pyridine rings is 1. The summed E-state index contributed by atoms with van der Waals surface area (Å²) in [5.41, 5.74) is 1.01. The Bertz CT molecular complexity index is 544. The number of carbonyl (C=O) groups excluding carboxylic acids is 1. The maximum atomic E-state index is 11.5. The molecule has 6 nitrogen and oxygen atoms in total. The first-order valence-electron chi connectivity index (χ1n) is 6.51. The lowest BCUT2D eigenvalue weighted by molar-refractivity contribution is -0.141. The van der Waals surface area contributed by atoms with Crippen LogP contribution in [0.3, 0.4) is 0 Å². The number of hydrogen-bond acceptors (Lipinski definition) is 5. The van der Waals surface area contributed by atoms with Gasteiger partial charge < -0.3 is 14.7 Å². The number of aliphatic carboxylic acids is 1. The maximum Gasteiger partial charge on any atom is 0.339 e. The highest BCUT2D eigenvalue weighted by molar-refractivity contribution is 5.90. The van der Waals surface area contributed by atoms with Gasteiger partial charge in [0.25, 0.3) is 0 Å². The van der Waals surface area contributed by atoms with E-state index in [0.717, 1.165) is 0 Å². The van der Waals surface area contributed by atoms with Gasteiger partial charge in [-0.3, -0.25) is 4.79 Å². The molecule has 1 aromatic heterocycles. The van der Waals surface area contributed by atoms with Crippen molar-refractivity contribution in [1.29, 1.82) is 0 Å². The van der Waals surface area contributed by atoms with Crippen LogP contribution in [-0.4, -0.2) is 41.7 Å². The third-order valence-corrected chi connectivity index (χ3v) is 3.84. The van der Waals surface area contributed by atoms with Crippen LogP contribution in [0.5, 0.6) is 0 Å². The molecule has 6 heteroatoms. The molecule has 2 heterocycles. The lowest BCUT2D eigenvalue weighted by atomic mass is 10.0. The van der Waals surface area contributed by atoms with Crippen molar-refractivity contribution >= 4 is 17.8 Å². The van der Waals surface area contributed by atoms with Crippen LogP contribution in [0.1, 0.15) is 29.4 Å². The van der Waals surface area contributed by atoms with Crippen molar-refractivity contribution in [1.82, 2.24) is 4.98 Å². The number of ether oxygens (including phenoxy) is 1. The van der Waals surface area contributed by atoms with Gasteiger partial charge in [-0.05, 0) is 32.4 Å². The van der Waals surface area contributed by atoms with Crippen LogP contribution in [0.15, 0.2) is 12.1 Å². The summed E-state index contributed by atoms with van der Waals surface area (Å²) in [6.07, 6.45) is 0.607. The molecule has 0 bridgehead atoms. The standard InChI is InChI=1S/C14H18N2O4/c1-8-10(14(19)20-3)4-5-12(15-8)16-7-6-11(9(16)2)13(17)18/h4-5,9,11H,6-7H2,1-3H3,(H,17,18). The van der Waals surface area contributed by atoms with Gasteiger partial charge >= 0.3 is 11.9 Å². The number of rotatable bonds is 3. The second kappa shape index (κ2) is 5.48. The quantitative estimate of drug-likeness (QED) is 0.843. The normalized spacial score (nSPS) is 21.9. The zero-order chi connectivity index (χ0) is 14.9. The summed E-state index contributed by atoms with van der Waals surface area (Å²) in [6, 6.07) is 3.30. The summed E-state index contributed by atoms with van der Waals surface area (Å²) >= 11 is 0. The van der Waals surface area contributed by atoms with Crippen LogP contribution in [-0.2, 0) is 9.53 Å². The number of aryl methyl sites for hydroxylation is 1. The fourth-order valence-corrected chi connectivity index (χ4v) is 2.63. The van der Waals surface area contributed by atoms with Crippen molar-refractivity contribution in [2.75, 3.05) is 18.6 Å². The number of methoxy groups -OCH3 is 1. The van der Waals surface area contributed by atoms with Crippen LogP contribution < -0.4 is 4.90 Å². The van der Waals surface area contributed by atoms with E-state index in [2.05, 4.69) is 9.72 Å². The zero-order valence-corrected chi connectivity index (χ0v) is 11.8. The number of carboxylic acid groups (broad SMARTS) is 1. The number of esters is 1. The van der Waals surface area contributed by atoms with Crippen LogP contribution in [0.2, 0.25) is 0 Å². The molecule has 108 valence electrons. The average Bonchev–Trinajstić information content (AvgIpc) is 2.79. The number of aromatic nitrogens is 1. The summed E-state index contributed by atoms with van der Waals surface area (Å²) in [4.78, 5) is 29.0. The zero-order valence-electron chi connectivity index (χ0n) is 11.8. The highest BCUT2D eigenvalue weighted by Gasteiger charge is 2.36. The van der Waals surface area contributed by atoms with Crippen molar-refractivity contribution in [3.8, 4) is 0 Å².